The molecule has 0 aromatic heterocycles. The van der Waals surface area contributed by atoms with Crippen molar-refractivity contribution in [3.63, 3.8) is 0 Å². The van der Waals surface area contributed by atoms with Crippen LogP contribution in [0.25, 0.3) is 0 Å². The summed E-state index contributed by atoms with van der Waals surface area (Å²) in [6, 6.07) is -0.670. The van der Waals surface area contributed by atoms with Gasteiger partial charge in [0.25, 0.3) is 0 Å². The minimum Gasteiger partial charge on any atom is -0.545 e. The van der Waals surface area contributed by atoms with Crippen LogP contribution in [-0.4, -0.2) is 48.0 Å². The summed E-state index contributed by atoms with van der Waals surface area (Å²) in [6.45, 7) is 5.62. The SMILES string of the molecule is CCC(CC)N(C)[C@@H]1C=C(C(=O)[O-])C[C@H](N)[C@H]1NC(C)=O.[K+]. The van der Waals surface area contributed by atoms with Crippen LogP contribution in [0, 0.1) is 0 Å². The number of carbonyl (C=O) groups excluding carboxylic acids is 2. The molecule has 0 saturated carbocycles. The summed E-state index contributed by atoms with van der Waals surface area (Å²) in [7, 11) is 1.94. The minimum absolute atomic E-state index is 0. The molecule has 0 fully saturated rings. The molecule has 1 amide bonds. The van der Waals surface area contributed by atoms with E-state index in [1.54, 1.807) is 6.08 Å². The van der Waals surface area contributed by atoms with Crippen molar-refractivity contribution in [3.05, 3.63) is 11.6 Å². The molecule has 0 bridgehead atoms. The predicted octanol–water partition coefficient (Wildman–Crippen LogP) is -3.61. The molecule has 0 radical (unpaired) electrons. The number of carbonyl (C=O) groups is 2. The zero-order valence-electron chi connectivity index (χ0n) is 14.3. The third kappa shape index (κ3) is 5.70. The Bertz CT molecular complexity index is 424. The van der Waals surface area contributed by atoms with Gasteiger partial charge in [0.2, 0.25) is 5.91 Å². The van der Waals surface area contributed by atoms with Crippen molar-refractivity contribution in [3.8, 4) is 0 Å². The van der Waals surface area contributed by atoms with Crippen LogP contribution in [0.3, 0.4) is 0 Å². The summed E-state index contributed by atoms with van der Waals surface area (Å²) in [5.74, 6) is -1.35. The molecule has 6 nitrogen and oxygen atoms in total. The molecule has 0 spiro atoms. The summed E-state index contributed by atoms with van der Waals surface area (Å²) >= 11 is 0. The Kier molecular flexibility index (Phi) is 10.3. The van der Waals surface area contributed by atoms with Crippen LogP contribution >= 0.6 is 0 Å². The zero-order valence-corrected chi connectivity index (χ0v) is 17.4. The molecule has 1 aliphatic rings. The van der Waals surface area contributed by atoms with Gasteiger partial charge in [-0.3, -0.25) is 9.69 Å². The van der Waals surface area contributed by atoms with Crippen molar-refractivity contribution < 1.29 is 66.1 Å². The fraction of sp³-hybridized carbons (Fsp3) is 0.733. The topological polar surface area (TPSA) is 98.5 Å². The van der Waals surface area contributed by atoms with Gasteiger partial charge < -0.3 is 21.0 Å². The van der Waals surface area contributed by atoms with E-state index in [2.05, 4.69) is 24.1 Å². The van der Waals surface area contributed by atoms with Gasteiger partial charge in [-0.25, -0.2) is 0 Å². The molecule has 0 aromatic carbocycles. The fourth-order valence-corrected chi connectivity index (χ4v) is 3.07. The number of hydrogen-bond donors (Lipinski definition) is 2. The summed E-state index contributed by atoms with van der Waals surface area (Å²) < 4.78 is 0. The summed E-state index contributed by atoms with van der Waals surface area (Å²) in [5, 5.41) is 14.0. The Morgan fingerprint density at radius 3 is 2.41 bits per heavy atom. The molecule has 7 heteroatoms. The molecule has 0 heterocycles. The van der Waals surface area contributed by atoms with Crippen LogP contribution in [0.1, 0.15) is 40.0 Å². The number of nitrogens with two attached hydrogens (primary N) is 1. The molecule has 1 rings (SSSR count). The molecule has 22 heavy (non-hydrogen) atoms. The van der Waals surface area contributed by atoms with E-state index in [0.29, 0.717) is 6.04 Å². The van der Waals surface area contributed by atoms with Gasteiger partial charge >= 0.3 is 51.4 Å². The number of likely N-dealkylation sites (N-methyl/N-ethyl adjacent to an activating group) is 1. The molecule has 0 aliphatic heterocycles. The Morgan fingerprint density at radius 2 is 2.00 bits per heavy atom. The standard InChI is InChI=1S/C15H27N3O3.K/c1-5-11(6-2)18(4)13-8-10(15(20)21)7-12(16)14(13)17-9(3)19;/h8,11-14H,5-7,16H2,1-4H3,(H,17,19)(H,20,21);/q;+1/p-1/t12-,13+,14+;/m0./s1. The average Bonchev–Trinajstić information content (AvgIpc) is 2.41. The number of carboxylic acids is 1. The molecular formula is C15H26KN3O3. The second-order valence-electron chi connectivity index (χ2n) is 5.70. The molecule has 3 atom stereocenters. The van der Waals surface area contributed by atoms with E-state index in [-0.39, 0.29) is 81.4 Å². The number of nitrogens with one attached hydrogen (secondary N) is 1. The number of hydrogen-bond acceptors (Lipinski definition) is 5. The molecular weight excluding hydrogens is 309 g/mol. The Labute approximate surface area is 175 Å². The van der Waals surface area contributed by atoms with Crippen LogP contribution < -0.4 is 67.5 Å². The predicted molar refractivity (Wildman–Crippen MR) is 79.2 cm³/mol. The van der Waals surface area contributed by atoms with Gasteiger partial charge in [-0.1, -0.05) is 19.9 Å². The van der Waals surface area contributed by atoms with Crippen LogP contribution in [0.5, 0.6) is 0 Å². The van der Waals surface area contributed by atoms with Crippen molar-refractivity contribution in [1.82, 2.24) is 10.2 Å². The minimum atomic E-state index is -1.19. The van der Waals surface area contributed by atoms with Gasteiger partial charge in [-0.05, 0) is 31.9 Å². The van der Waals surface area contributed by atoms with E-state index in [1.807, 2.05) is 7.05 Å². The maximum absolute atomic E-state index is 11.4. The van der Waals surface area contributed by atoms with Crippen molar-refractivity contribution >= 4 is 11.9 Å². The first-order valence-corrected chi connectivity index (χ1v) is 7.48. The number of rotatable bonds is 6. The first-order chi connectivity index (χ1) is 9.81. The van der Waals surface area contributed by atoms with E-state index < -0.39 is 12.0 Å². The molecule has 0 saturated heterocycles. The van der Waals surface area contributed by atoms with E-state index in [9.17, 15) is 14.7 Å². The Morgan fingerprint density at radius 1 is 1.45 bits per heavy atom. The Hall–Kier alpha value is 0.236. The fourth-order valence-electron chi connectivity index (χ4n) is 3.07. The van der Waals surface area contributed by atoms with E-state index >= 15 is 0 Å². The van der Waals surface area contributed by atoms with E-state index in [0.717, 1.165) is 12.8 Å². The second kappa shape index (κ2) is 10.2. The molecule has 0 unspecified atom stereocenters. The third-order valence-electron chi connectivity index (χ3n) is 4.28. The van der Waals surface area contributed by atoms with Crippen molar-refractivity contribution in [2.75, 3.05) is 7.05 Å². The van der Waals surface area contributed by atoms with Crippen molar-refractivity contribution in [1.29, 1.82) is 0 Å². The van der Waals surface area contributed by atoms with Crippen LogP contribution in [-0.2, 0) is 9.59 Å². The van der Waals surface area contributed by atoms with E-state index in [4.69, 9.17) is 5.73 Å². The molecule has 1 aliphatic carbocycles. The van der Waals surface area contributed by atoms with Gasteiger partial charge in [-0.2, -0.15) is 0 Å². The van der Waals surface area contributed by atoms with Gasteiger partial charge in [0, 0.05) is 19.0 Å². The number of amides is 1. The van der Waals surface area contributed by atoms with Crippen LogP contribution in [0.15, 0.2) is 11.6 Å². The average molecular weight is 335 g/mol. The number of aliphatic carboxylic acids is 1. The Balaban J connectivity index is 0.00000441. The van der Waals surface area contributed by atoms with Crippen molar-refractivity contribution in [2.24, 2.45) is 5.73 Å². The van der Waals surface area contributed by atoms with Crippen molar-refractivity contribution in [2.45, 2.75) is 64.2 Å². The first kappa shape index (κ1) is 22.2. The largest absolute Gasteiger partial charge is 1.00 e. The third-order valence-corrected chi connectivity index (χ3v) is 4.28. The summed E-state index contributed by atoms with van der Waals surface area (Å²) in [5.41, 5.74) is 6.31. The zero-order chi connectivity index (χ0) is 16.2. The van der Waals surface area contributed by atoms with Gasteiger partial charge in [-0.15, -0.1) is 0 Å². The second-order valence-corrected chi connectivity index (χ2v) is 5.70. The molecule has 120 valence electrons. The van der Waals surface area contributed by atoms with Gasteiger partial charge in [0.15, 0.2) is 0 Å². The van der Waals surface area contributed by atoms with Gasteiger partial charge in [0.05, 0.1) is 18.1 Å². The number of carboxylic acid groups (broad SMARTS) is 1. The quantitative estimate of drug-likeness (QED) is 0.489. The first-order valence-electron chi connectivity index (χ1n) is 7.48. The molecule has 3 N–H and O–H groups in total. The maximum atomic E-state index is 11.4. The molecule has 0 aromatic rings. The summed E-state index contributed by atoms with van der Waals surface area (Å²) in [4.78, 5) is 24.7. The van der Waals surface area contributed by atoms with E-state index in [1.165, 1.54) is 6.92 Å². The smallest absolute Gasteiger partial charge is 0.545 e. The van der Waals surface area contributed by atoms with Crippen LogP contribution in [0.2, 0.25) is 0 Å². The van der Waals surface area contributed by atoms with Gasteiger partial charge in [0.1, 0.15) is 0 Å². The number of nitrogens with zero attached hydrogens (tertiary/aromatic N) is 1. The summed E-state index contributed by atoms with van der Waals surface area (Å²) in [6.07, 6.45) is 3.78. The normalized spacial score (nSPS) is 24.7. The van der Waals surface area contributed by atoms with Crippen LogP contribution in [0.4, 0.5) is 0 Å². The monoisotopic (exact) mass is 335 g/mol. The maximum Gasteiger partial charge on any atom is 1.00 e.